The van der Waals surface area contributed by atoms with Crippen molar-refractivity contribution in [3.63, 3.8) is 0 Å². The summed E-state index contributed by atoms with van der Waals surface area (Å²) < 4.78 is 0. The molecule has 0 radical (unpaired) electrons. The maximum atomic E-state index is 12.3. The first-order chi connectivity index (χ1) is 9.63. The number of nitrogens with one attached hydrogen (secondary N) is 1. The highest BCUT2D eigenvalue weighted by Gasteiger charge is 2.23. The number of benzene rings is 2. The summed E-state index contributed by atoms with van der Waals surface area (Å²) >= 11 is 0. The normalized spacial score (nSPS) is 14.0. The number of hydrogen-bond acceptors (Lipinski definition) is 3. The number of anilines is 2. The number of amides is 1. The van der Waals surface area contributed by atoms with Crippen molar-refractivity contribution in [2.75, 3.05) is 11.5 Å². The zero-order chi connectivity index (χ0) is 14.1. The Morgan fingerprint density at radius 2 is 1.70 bits per heavy atom. The molecule has 0 heterocycles. The molecule has 4 heteroatoms. The fourth-order valence-electron chi connectivity index (χ4n) is 2.71. The SMILES string of the molecule is Nc1ccc(C(=O)NC2Cc3ccccc3C2)c(N)c1. The van der Waals surface area contributed by atoms with Gasteiger partial charge in [0.25, 0.3) is 5.91 Å². The second-order valence-electron chi connectivity index (χ2n) is 5.19. The summed E-state index contributed by atoms with van der Waals surface area (Å²) in [5.74, 6) is -0.139. The number of rotatable bonds is 2. The van der Waals surface area contributed by atoms with E-state index in [0.717, 1.165) is 12.8 Å². The molecule has 0 spiro atoms. The van der Waals surface area contributed by atoms with Crippen LogP contribution in [0, 0.1) is 0 Å². The molecule has 3 rings (SSSR count). The van der Waals surface area contributed by atoms with Gasteiger partial charge in [-0.25, -0.2) is 0 Å². The summed E-state index contributed by atoms with van der Waals surface area (Å²) in [5.41, 5.74) is 15.6. The Kier molecular flexibility index (Phi) is 3.06. The Hall–Kier alpha value is -2.49. The molecule has 4 nitrogen and oxygen atoms in total. The minimum atomic E-state index is -0.139. The minimum absolute atomic E-state index is 0.136. The highest BCUT2D eigenvalue weighted by molar-refractivity contribution is 5.99. The first-order valence-corrected chi connectivity index (χ1v) is 6.66. The molecule has 0 fully saturated rings. The lowest BCUT2D eigenvalue weighted by molar-refractivity contribution is 0.0939. The van der Waals surface area contributed by atoms with Gasteiger partial charge in [0, 0.05) is 17.4 Å². The summed E-state index contributed by atoms with van der Waals surface area (Å²) in [4.78, 5) is 12.3. The molecule has 0 aromatic heterocycles. The molecular formula is C16H17N3O. The fraction of sp³-hybridized carbons (Fsp3) is 0.188. The maximum Gasteiger partial charge on any atom is 0.253 e. The van der Waals surface area contributed by atoms with Crippen LogP contribution in [-0.4, -0.2) is 11.9 Å². The van der Waals surface area contributed by atoms with Crippen LogP contribution in [0.15, 0.2) is 42.5 Å². The van der Waals surface area contributed by atoms with Gasteiger partial charge >= 0.3 is 0 Å². The van der Waals surface area contributed by atoms with Gasteiger partial charge in [-0.2, -0.15) is 0 Å². The van der Waals surface area contributed by atoms with E-state index in [2.05, 4.69) is 17.4 Å². The van der Waals surface area contributed by atoms with Gasteiger partial charge in [0.15, 0.2) is 0 Å². The molecule has 0 saturated heterocycles. The monoisotopic (exact) mass is 267 g/mol. The van der Waals surface area contributed by atoms with Gasteiger partial charge in [0.05, 0.1) is 5.56 Å². The van der Waals surface area contributed by atoms with Crippen LogP contribution < -0.4 is 16.8 Å². The lowest BCUT2D eigenvalue weighted by Crippen LogP contribution is -2.35. The van der Waals surface area contributed by atoms with Crippen LogP contribution in [0.1, 0.15) is 21.5 Å². The summed E-state index contributed by atoms with van der Waals surface area (Å²) in [7, 11) is 0. The van der Waals surface area contributed by atoms with Crippen LogP contribution >= 0.6 is 0 Å². The average molecular weight is 267 g/mol. The van der Waals surface area contributed by atoms with Crippen molar-refractivity contribution in [1.82, 2.24) is 5.32 Å². The molecule has 1 aliphatic rings. The van der Waals surface area contributed by atoms with E-state index in [0.29, 0.717) is 16.9 Å². The van der Waals surface area contributed by atoms with Crippen molar-refractivity contribution in [2.45, 2.75) is 18.9 Å². The zero-order valence-electron chi connectivity index (χ0n) is 11.1. The van der Waals surface area contributed by atoms with Crippen molar-refractivity contribution < 1.29 is 4.79 Å². The second-order valence-corrected chi connectivity index (χ2v) is 5.19. The van der Waals surface area contributed by atoms with Crippen molar-refractivity contribution in [3.8, 4) is 0 Å². The molecular weight excluding hydrogens is 250 g/mol. The van der Waals surface area contributed by atoms with E-state index >= 15 is 0 Å². The summed E-state index contributed by atoms with van der Waals surface area (Å²) in [6, 6.07) is 13.4. The van der Waals surface area contributed by atoms with Crippen LogP contribution in [0.3, 0.4) is 0 Å². The topological polar surface area (TPSA) is 81.1 Å². The van der Waals surface area contributed by atoms with Crippen LogP contribution in [0.5, 0.6) is 0 Å². The van der Waals surface area contributed by atoms with E-state index in [4.69, 9.17) is 11.5 Å². The van der Waals surface area contributed by atoms with Gasteiger partial charge in [0.1, 0.15) is 0 Å². The molecule has 2 aromatic carbocycles. The number of fused-ring (bicyclic) bond motifs is 1. The minimum Gasteiger partial charge on any atom is -0.399 e. The van der Waals surface area contributed by atoms with E-state index < -0.39 is 0 Å². The number of nitrogens with two attached hydrogens (primary N) is 2. The van der Waals surface area contributed by atoms with Crippen LogP contribution in [0.25, 0.3) is 0 Å². The van der Waals surface area contributed by atoms with Crippen LogP contribution in [-0.2, 0) is 12.8 Å². The van der Waals surface area contributed by atoms with Crippen LogP contribution in [0.4, 0.5) is 11.4 Å². The molecule has 5 N–H and O–H groups in total. The molecule has 0 aliphatic heterocycles. The van der Waals surface area contributed by atoms with Gasteiger partial charge in [-0.3, -0.25) is 4.79 Å². The second kappa shape index (κ2) is 4.89. The van der Waals surface area contributed by atoms with Crippen molar-refractivity contribution in [2.24, 2.45) is 0 Å². The molecule has 20 heavy (non-hydrogen) atoms. The third kappa shape index (κ3) is 2.32. The van der Waals surface area contributed by atoms with Crippen molar-refractivity contribution in [3.05, 3.63) is 59.2 Å². The van der Waals surface area contributed by atoms with E-state index in [1.807, 2.05) is 12.1 Å². The molecule has 1 aliphatic carbocycles. The van der Waals surface area contributed by atoms with E-state index in [1.54, 1.807) is 18.2 Å². The standard InChI is InChI=1S/C16H17N3O/c17-12-5-6-14(15(18)9-12)16(20)19-13-7-10-3-1-2-4-11(10)8-13/h1-6,9,13H,7-8,17-18H2,(H,19,20). The average Bonchev–Trinajstić information content (AvgIpc) is 2.80. The summed E-state index contributed by atoms with van der Waals surface area (Å²) in [6.45, 7) is 0. The fourth-order valence-corrected chi connectivity index (χ4v) is 2.71. The highest BCUT2D eigenvalue weighted by atomic mass is 16.1. The van der Waals surface area contributed by atoms with Gasteiger partial charge in [-0.1, -0.05) is 24.3 Å². The molecule has 0 unspecified atom stereocenters. The molecule has 102 valence electrons. The van der Waals surface area contributed by atoms with E-state index in [-0.39, 0.29) is 11.9 Å². The number of carbonyl (C=O) groups excluding carboxylic acids is 1. The molecule has 2 aromatic rings. The third-order valence-electron chi connectivity index (χ3n) is 3.71. The molecule has 0 bridgehead atoms. The predicted octanol–water partition coefficient (Wildman–Crippen LogP) is 1.75. The quantitative estimate of drug-likeness (QED) is 0.725. The van der Waals surface area contributed by atoms with Gasteiger partial charge in [-0.05, 0) is 42.2 Å². The number of nitrogen functional groups attached to an aromatic ring is 2. The molecule has 0 atom stereocenters. The number of hydrogen-bond donors (Lipinski definition) is 3. The first-order valence-electron chi connectivity index (χ1n) is 6.66. The van der Waals surface area contributed by atoms with Gasteiger partial charge < -0.3 is 16.8 Å². The Morgan fingerprint density at radius 1 is 1.05 bits per heavy atom. The third-order valence-corrected chi connectivity index (χ3v) is 3.71. The Balaban J connectivity index is 1.72. The lowest BCUT2D eigenvalue weighted by atomic mass is 10.1. The Morgan fingerprint density at radius 3 is 2.30 bits per heavy atom. The summed E-state index contributed by atoms with van der Waals surface area (Å²) in [5, 5.41) is 3.04. The van der Waals surface area contributed by atoms with E-state index in [9.17, 15) is 4.79 Å². The highest BCUT2D eigenvalue weighted by Crippen LogP contribution is 2.22. The van der Waals surface area contributed by atoms with E-state index in [1.165, 1.54) is 11.1 Å². The Labute approximate surface area is 117 Å². The first kappa shape index (κ1) is 12.5. The predicted molar refractivity (Wildman–Crippen MR) is 80.4 cm³/mol. The maximum absolute atomic E-state index is 12.3. The van der Waals surface area contributed by atoms with Crippen LogP contribution in [0.2, 0.25) is 0 Å². The van der Waals surface area contributed by atoms with Gasteiger partial charge in [0.2, 0.25) is 0 Å². The molecule has 1 amide bonds. The van der Waals surface area contributed by atoms with Crippen molar-refractivity contribution in [1.29, 1.82) is 0 Å². The molecule has 0 saturated carbocycles. The number of carbonyl (C=O) groups is 1. The Bertz CT molecular complexity index is 642. The smallest absolute Gasteiger partial charge is 0.253 e. The lowest BCUT2D eigenvalue weighted by Gasteiger charge is -2.13. The van der Waals surface area contributed by atoms with Crippen molar-refractivity contribution >= 4 is 17.3 Å². The summed E-state index contributed by atoms with van der Waals surface area (Å²) in [6.07, 6.45) is 1.74. The van der Waals surface area contributed by atoms with Gasteiger partial charge in [-0.15, -0.1) is 0 Å². The zero-order valence-corrected chi connectivity index (χ0v) is 11.1. The largest absolute Gasteiger partial charge is 0.399 e.